The lowest BCUT2D eigenvalue weighted by atomic mass is 9.92. The van der Waals surface area contributed by atoms with Crippen molar-refractivity contribution in [3.8, 4) is 0 Å². The van der Waals surface area contributed by atoms with Crippen molar-refractivity contribution in [1.82, 2.24) is 0 Å². The van der Waals surface area contributed by atoms with Crippen LogP contribution in [0.4, 0.5) is 0 Å². The number of rotatable bonds is 2. The SMILES string of the molecule is CCOC(=O)C1CC(O)C2CC12C. The quantitative estimate of drug-likeness (QED) is 0.650. The zero-order valence-electron chi connectivity index (χ0n) is 8.12. The third kappa shape index (κ3) is 1.17. The van der Waals surface area contributed by atoms with Crippen LogP contribution in [0.15, 0.2) is 0 Å². The molecule has 4 unspecified atom stereocenters. The maximum Gasteiger partial charge on any atom is 0.309 e. The second-order valence-electron chi connectivity index (χ2n) is 4.42. The standard InChI is InChI=1S/C10H16O3/c1-3-13-9(12)6-4-8(11)7-5-10(6,7)2/h6-8,11H,3-5H2,1-2H3. The van der Waals surface area contributed by atoms with Gasteiger partial charge in [0.15, 0.2) is 0 Å². The van der Waals surface area contributed by atoms with Crippen molar-refractivity contribution in [3.05, 3.63) is 0 Å². The molecule has 0 aromatic rings. The molecule has 3 heteroatoms. The summed E-state index contributed by atoms with van der Waals surface area (Å²) in [6.07, 6.45) is 1.30. The zero-order valence-corrected chi connectivity index (χ0v) is 8.12. The van der Waals surface area contributed by atoms with Crippen LogP contribution in [-0.2, 0) is 9.53 Å². The Morgan fingerprint density at radius 2 is 2.38 bits per heavy atom. The maximum atomic E-state index is 11.5. The van der Waals surface area contributed by atoms with E-state index in [-0.39, 0.29) is 23.4 Å². The molecule has 0 spiro atoms. The molecule has 1 N–H and O–H groups in total. The summed E-state index contributed by atoms with van der Waals surface area (Å²) in [5, 5.41) is 9.58. The van der Waals surface area contributed by atoms with E-state index in [1.165, 1.54) is 0 Å². The summed E-state index contributed by atoms with van der Waals surface area (Å²) in [5.41, 5.74) is 0.0473. The monoisotopic (exact) mass is 184 g/mol. The van der Waals surface area contributed by atoms with Gasteiger partial charge < -0.3 is 9.84 Å². The number of esters is 1. The van der Waals surface area contributed by atoms with E-state index < -0.39 is 0 Å². The molecule has 2 rings (SSSR count). The predicted molar refractivity (Wildman–Crippen MR) is 47.0 cm³/mol. The first kappa shape index (κ1) is 9.00. The molecule has 0 saturated heterocycles. The second-order valence-corrected chi connectivity index (χ2v) is 4.42. The molecule has 0 amide bonds. The summed E-state index contributed by atoms with van der Waals surface area (Å²) in [6, 6.07) is 0. The van der Waals surface area contributed by atoms with Crippen LogP contribution >= 0.6 is 0 Å². The third-order valence-electron chi connectivity index (χ3n) is 3.66. The number of aliphatic hydroxyl groups excluding tert-OH is 1. The number of ether oxygens (including phenoxy) is 1. The molecule has 74 valence electrons. The van der Waals surface area contributed by atoms with Gasteiger partial charge in [0, 0.05) is 0 Å². The summed E-state index contributed by atoms with van der Waals surface area (Å²) in [7, 11) is 0. The minimum Gasteiger partial charge on any atom is -0.466 e. The average Bonchev–Trinajstić information content (AvgIpc) is 2.68. The number of aliphatic hydroxyl groups is 1. The Hall–Kier alpha value is -0.570. The van der Waals surface area contributed by atoms with Crippen molar-refractivity contribution in [2.24, 2.45) is 17.3 Å². The predicted octanol–water partition coefficient (Wildman–Crippen LogP) is 0.957. The Kier molecular flexibility index (Phi) is 1.88. The fraction of sp³-hybridized carbons (Fsp3) is 0.900. The van der Waals surface area contributed by atoms with Gasteiger partial charge in [0.05, 0.1) is 18.6 Å². The molecule has 4 atom stereocenters. The van der Waals surface area contributed by atoms with Crippen LogP contribution in [0.1, 0.15) is 26.7 Å². The molecule has 2 fully saturated rings. The van der Waals surface area contributed by atoms with Crippen molar-refractivity contribution in [2.75, 3.05) is 6.61 Å². The van der Waals surface area contributed by atoms with Crippen molar-refractivity contribution < 1.29 is 14.6 Å². The first-order chi connectivity index (χ1) is 6.09. The zero-order chi connectivity index (χ0) is 9.64. The van der Waals surface area contributed by atoms with E-state index in [2.05, 4.69) is 6.92 Å². The van der Waals surface area contributed by atoms with Crippen LogP contribution in [-0.4, -0.2) is 23.8 Å². The van der Waals surface area contributed by atoms with E-state index in [4.69, 9.17) is 4.74 Å². The van der Waals surface area contributed by atoms with Crippen LogP contribution in [0, 0.1) is 17.3 Å². The molecule has 0 aliphatic heterocycles. The lowest BCUT2D eigenvalue weighted by Gasteiger charge is -2.16. The van der Waals surface area contributed by atoms with E-state index in [0.29, 0.717) is 18.9 Å². The lowest BCUT2D eigenvalue weighted by Crippen LogP contribution is -2.23. The molecule has 0 heterocycles. The molecule has 0 aromatic heterocycles. The number of carbonyl (C=O) groups is 1. The highest BCUT2D eigenvalue weighted by Crippen LogP contribution is 2.66. The fourth-order valence-electron chi connectivity index (χ4n) is 2.67. The molecule has 3 nitrogen and oxygen atoms in total. The van der Waals surface area contributed by atoms with Gasteiger partial charge in [-0.05, 0) is 31.1 Å². The first-order valence-corrected chi connectivity index (χ1v) is 4.94. The number of hydrogen-bond donors (Lipinski definition) is 1. The van der Waals surface area contributed by atoms with Gasteiger partial charge in [0.2, 0.25) is 0 Å². The largest absolute Gasteiger partial charge is 0.466 e. The molecule has 2 aliphatic rings. The Balaban J connectivity index is 2.05. The van der Waals surface area contributed by atoms with Crippen molar-refractivity contribution in [2.45, 2.75) is 32.8 Å². The van der Waals surface area contributed by atoms with E-state index in [0.717, 1.165) is 6.42 Å². The van der Waals surface area contributed by atoms with Crippen molar-refractivity contribution >= 4 is 5.97 Å². The van der Waals surface area contributed by atoms with Gasteiger partial charge in [-0.2, -0.15) is 0 Å². The van der Waals surface area contributed by atoms with Crippen LogP contribution in [0.2, 0.25) is 0 Å². The Morgan fingerprint density at radius 3 is 2.77 bits per heavy atom. The van der Waals surface area contributed by atoms with Gasteiger partial charge in [-0.25, -0.2) is 0 Å². The van der Waals surface area contributed by atoms with Gasteiger partial charge in [-0.3, -0.25) is 4.79 Å². The highest BCUT2D eigenvalue weighted by molar-refractivity contribution is 5.75. The van der Waals surface area contributed by atoms with Crippen LogP contribution in [0.25, 0.3) is 0 Å². The molecule has 0 radical (unpaired) electrons. The van der Waals surface area contributed by atoms with Gasteiger partial charge in [0.25, 0.3) is 0 Å². The third-order valence-corrected chi connectivity index (χ3v) is 3.66. The topological polar surface area (TPSA) is 46.5 Å². The minimum atomic E-state index is -0.278. The second kappa shape index (κ2) is 2.71. The Labute approximate surface area is 78.1 Å². The Morgan fingerprint density at radius 1 is 1.69 bits per heavy atom. The minimum absolute atomic E-state index is 0.0473. The smallest absolute Gasteiger partial charge is 0.309 e. The van der Waals surface area contributed by atoms with E-state index >= 15 is 0 Å². The van der Waals surface area contributed by atoms with Gasteiger partial charge in [-0.15, -0.1) is 0 Å². The average molecular weight is 184 g/mol. The number of fused-ring (bicyclic) bond motifs is 1. The van der Waals surface area contributed by atoms with Crippen molar-refractivity contribution in [3.63, 3.8) is 0 Å². The molecule has 13 heavy (non-hydrogen) atoms. The van der Waals surface area contributed by atoms with E-state index in [1.807, 2.05) is 6.92 Å². The van der Waals surface area contributed by atoms with Gasteiger partial charge in [-0.1, -0.05) is 6.92 Å². The summed E-state index contributed by atoms with van der Waals surface area (Å²) in [6.45, 7) is 4.33. The molecule has 2 saturated carbocycles. The molecule has 0 aromatic carbocycles. The highest BCUT2D eigenvalue weighted by Gasteiger charge is 2.66. The normalized spacial score (nSPS) is 47.2. The van der Waals surface area contributed by atoms with Gasteiger partial charge in [0.1, 0.15) is 0 Å². The first-order valence-electron chi connectivity index (χ1n) is 4.94. The number of carbonyl (C=O) groups excluding carboxylic acids is 1. The van der Waals surface area contributed by atoms with Crippen LogP contribution < -0.4 is 0 Å². The highest BCUT2D eigenvalue weighted by atomic mass is 16.5. The molecular formula is C10H16O3. The Bertz CT molecular complexity index is 238. The van der Waals surface area contributed by atoms with E-state index in [9.17, 15) is 9.90 Å². The summed E-state index contributed by atoms with van der Waals surface area (Å²) in [5.74, 6) is 0.165. The summed E-state index contributed by atoms with van der Waals surface area (Å²) in [4.78, 5) is 11.5. The molecule has 2 aliphatic carbocycles. The fourth-order valence-corrected chi connectivity index (χ4v) is 2.67. The van der Waals surface area contributed by atoms with Crippen molar-refractivity contribution in [1.29, 1.82) is 0 Å². The number of hydrogen-bond acceptors (Lipinski definition) is 3. The van der Waals surface area contributed by atoms with Crippen LogP contribution in [0.5, 0.6) is 0 Å². The summed E-state index contributed by atoms with van der Waals surface area (Å²) >= 11 is 0. The molecule has 0 bridgehead atoms. The molecular weight excluding hydrogens is 168 g/mol. The van der Waals surface area contributed by atoms with Gasteiger partial charge >= 0.3 is 5.97 Å². The lowest BCUT2D eigenvalue weighted by molar-refractivity contribution is -0.150. The van der Waals surface area contributed by atoms with E-state index in [1.54, 1.807) is 0 Å². The van der Waals surface area contributed by atoms with Crippen LogP contribution in [0.3, 0.4) is 0 Å². The summed E-state index contributed by atoms with van der Waals surface area (Å²) < 4.78 is 4.99. The maximum absolute atomic E-state index is 11.5.